The number of rotatable bonds is 3. The summed E-state index contributed by atoms with van der Waals surface area (Å²) in [5.41, 5.74) is 6.30. The van der Waals surface area contributed by atoms with Crippen LogP contribution in [0.5, 0.6) is 0 Å². The molecule has 3 N–H and O–H groups in total. The summed E-state index contributed by atoms with van der Waals surface area (Å²) < 4.78 is 0. The van der Waals surface area contributed by atoms with Crippen LogP contribution in [0.3, 0.4) is 0 Å². The lowest BCUT2D eigenvalue weighted by atomic mass is 10.1. The van der Waals surface area contributed by atoms with E-state index < -0.39 is 12.0 Å². The minimum absolute atomic E-state index is 0.385. The third-order valence-corrected chi connectivity index (χ3v) is 1.62. The number of nitriles is 1. The molecule has 0 amide bonds. The third-order valence-electron chi connectivity index (χ3n) is 1.62. The zero-order chi connectivity index (χ0) is 11.7. The molecule has 0 heterocycles. The van der Waals surface area contributed by atoms with Gasteiger partial charge in [0.05, 0.1) is 6.07 Å². The minimum Gasteiger partial charge on any atom is -0.480 e. The Morgan fingerprint density at radius 1 is 1.53 bits per heavy atom. The molecule has 0 aliphatic carbocycles. The van der Waals surface area contributed by atoms with Crippen molar-refractivity contribution in [3.63, 3.8) is 0 Å². The van der Waals surface area contributed by atoms with E-state index in [2.05, 4.69) is 0 Å². The van der Waals surface area contributed by atoms with Gasteiger partial charge in [0, 0.05) is 6.92 Å². The van der Waals surface area contributed by atoms with E-state index in [1.165, 1.54) is 6.92 Å². The zero-order valence-corrected chi connectivity index (χ0v) is 8.55. The number of carboxylic acid groups (broad SMARTS) is 1. The molecule has 0 aliphatic heterocycles. The number of carboxylic acids is 1. The summed E-state index contributed by atoms with van der Waals surface area (Å²) in [5, 5.41) is 15.8. The van der Waals surface area contributed by atoms with E-state index in [1.807, 2.05) is 30.3 Å². The maximum absolute atomic E-state index is 10.4. The van der Waals surface area contributed by atoms with Gasteiger partial charge in [-0.05, 0) is 12.0 Å². The molecule has 0 aliphatic rings. The maximum atomic E-state index is 10.4. The van der Waals surface area contributed by atoms with Gasteiger partial charge >= 0.3 is 5.97 Å². The fourth-order valence-corrected chi connectivity index (χ4v) is 0.955. The van der Waals surface area contributed by atoms with E-state index in [4.69, 9.17) is 16.1 Å². The molecular weight excluding hydrogens is 192 g/mol. The molecule has 4 heteroatoms. The topological polar surface area (TPSA) is 87.1 Å². The Morgan fingerprint density at radius 2 is 2.00 bits per heavy atom. The second-order valence-corrected chi connectivity index (χ2v) is 2.86. The lowest BCUT2D eigenvalue weighted by molar-refractivity contribution is -0.138. The first-order valence-electron chi connectivity index (χ1n) is 4.45. The molecular formula is C11H14N2O2. The summed E-state index contributed by atoms with van der Waals surface area (Å²) in [4.78, 5) is 10.4. The molecule has 1 aromatic carbocycles. The monoisotopic (exact) mass is 206 g/mol. The van der Waals surface area contributed by atoms with Gasteiger partial charge in [-0.15, -0.1) is 0 Å². The van der Waals surface area contributed by atoms with Crippen LogP contribution in [0.2, 0.25) is 0 Å². The van der Waals surface area contributed by atoms with Crippen LogP contribution in [0.1, 0.15) is 12.5 Å². The number of hydrogen-bond acceptors (Lipinski definition) is 3. The lowest BCUT2D eigenvalue weighted by Gasteiger charge is -2.04. The molecule has 0 saturated carbocycles. The van der Waals surface area contributed by atoms with Crippen LogP contribution in [0.4, 0.5) is 0 Å². The molecule has 4 nitrogen and oxygen atoms in total. The van der Waals surface area contributed by atoms with Gasteiger partial charge < -0.3 is 10.8 Å². The largest absolute Gasteiger partial charge is 0.480 e. The molecule has 80 valence electrons. The van der Waals surface area contributed by atoms with Crippen LogP contribution in [-0.2, 0) is 11.2 Å². The first-order chi connectivity index (χ1) is 7.11. The summed E-state index contributed by atoms with van der Waals surface area (Å²) in [5.74, 6) is -0.959. The number of nitrogens with two attached hydrogens (primary N) is 1. The van der Waals surface area contributed by atoms with Gasteiger partial charge in [-0.1, -0.05) is 30.3 Å². The van der Waals surface area contributed by atoms with Gasteiger partial charge in [0.25, 0.3) is 0 Å². The molecule has 0 bridgehead atoms. The number of aliphatic carboxylic acids is 1. The van der Waals surface area contributed by atoms with Crippen molar-refractivity contribution >= 4 is 5.97 Å². The molecule has 0 radical (unpaired) electrons. The predicted molar refractivity (Wildman–Crippen MR) is 57.0 cm³/mol. The minimum atomic E-state index is -0.959. The highest BCUT2D eigenvalue weighted by Crippen LogP contribution is 2.01. The Bertz CT molecular complexity index is 330. The Kier molecular flexibility index (Phi) is 6.60. The molecule has 0 spiro atoms. The fraction of sp³-hybridized carbons (Fsp3) is 0.273. The van der Waals surface area contributed by atoms with Gasteiger partial charge in [-0.25, -0.2) is 0 Å². The summed E-state index contributed by atoms with van der Waals surface area (Å²) in [6, 6.07) is 10.3. The lowest BCUT2D eigenvalue weighted by Crippen LogP contribution is -2.32. The molecule has 0 fully saturated rings. The quantitative estimate of drug-likeness (QED) is 0.777. The van der Waals surface area contributed by atoms with Crippen molar-refractivity contribution in [2.24, 2.45) is 5.73 Å². The molecule has 1 aromatic rings. The third kappa shape index (κ3) is 6.24. The Labute approximate surface area is 89.0 Å². The molecule has 0 saturated heterocycles. The molecule has 15 heavy (non-hydrogen) atoms. The second kappa shape index (κ2) is 7.54. The average molecular weight is 206 g/mol. The van der Waals surface area contributed by atoms with E-state index in [9.17, 15) is 4.79 Å². The van der Waals surface area contributed by atoms with Gasteiger partial charge in [-0.2, -0.15) is 5.26 Å². The summed E-state index contributed by atoms with van der Waals surface area (Å²) in [7, 11) is 0. The fourth-order valence-electron chi connectivity index (χ4n) is 0.955. The van der Waals surface area contributed by atoms with Gasteiger partial charge in [0.1, 0.15) is 6.04 Å². The summed E-state index contributed by atoms with van der Waals surface area (Å²) in [6.07, 6.45) is 0.385. The Morgan fingerprint density at radius 3 is 2.40 bits per heavy atom. The van der Waals surface area contributed by atoms with Crippen molar-refractivity contribution in [1.82, 2.24) is 0 Å². The van der Waals surface area contributed by atoms with Crippen LogP contribution in [0.25, 0.3) is 0 Å². The van der Waals surface area contributed by atoms with Crippen molar-refractivity contribution in [1.29, 1.82) is 5.26 Å². The molecule has 1 rings (SSSR count). The highest BCUT2D eigenvalue weighted by molar-refractivity contribution is 5.73. The standard InChI is InChI=1S/C9H11NO2.C2H3N/c10-8(9(11)12)6-7-4-2-1-3-5-7;1-2-3/h1-5,8H,6,10H2,(H,11,12);1H3/t8-;/m0./s1. The maximum Gasteiger partial charge on any atom is 0.320 e. The smallest absolute Gasteiger partial charge is 0.320 e. The molecule has 1 atom stereocenters. The van der Waals surface area contributed by atoms with Crippen molar-refractivity contribution in [3.8, 4) is 6.07 Å². The van der Waals surface area contributed by atoms with Gasteiger partial charge in [-0.3, -0.25) is 4.79 Å². The predicted octanol–water partition coefficient (Wildman–Crippen LogP) is 1.17. The van der Waals surface area contributed by atoms with Crippen LogP contribution in [0, 0.1) is 11.3 Å². The first kappa shape index (κ1) is 13.1. The van der Waals surface area contributed by atoms with E-state index >= 15 is 0 Å². The highest BCUT2D eigenvalue weighted by Gasteiger charge is 2.10. The van der Waals surface area contributed by atoms with Crippen molar-refractivity contribution < 1.29 is 9.90 Å². The molecule has 0 aromatic heterocycles. The first-order valence-corrected chi connectivity index (χ1v) is 4.45. The van der Waals surface area contributed by atoms with E-state index in [0.717, 1.165) is 5.56 Å². The number of carbonyl (C=O) groups is 1. The van der Waals surface area contributed by atoms with E-state index in [0.29, 0.717) is 6.42 Å². The van der Waals surface area contributed by atoms with Crippen molar-refractivity contribution in [2.45, 2.75) is 19.4 Å². The van der Waals surface area contributed by atoms with Crippen LogP contribution in [0.15, 0.2) is 30.3 Å². The Hall–Kier alpha value is -1.86. The van der Waals surface area contributed by atoms with Crippen LogP contribution >= 0.6 is 0 Å². The van der Waals surface area contributed by atoms with Crippen LogP contribution < -0.4 is 5.73 Å². The van der Waals surface area contributed by atoms with Gasteiger partial charge in [0.2, 0.25) is 0 Å². The average Bonchev–Trinajstić information content (AvgIpc) is 2.20. The van der Waals surface area contributed by atoms with Gasteiger partial charge in [0.15, 0.2) is 0 Å². The number of hydrogen-bond donors (Lipinski definition) is 2. The normalized spacial score (nSPS) is 10.5. The van der Waals surface area contributed by atoms with Crippen molar-refractivity contribution in [2.75, 3.05) is 0 Å². The summed E-state index contributed by atoms with van der Waals surface area (Å²) in [6.45, 7) is 1.43. The Balaban J connectivity index is 0.000000583. The van der Waals surface area contributed by atoms with E-state index in [1.54, 1.807) is 6.07 Å². The SMILES string of the molecule is CC#N.N[C@@H](Cc1ccccc1)C(=O)O. The zero-order valence-electron chi connectivity index (χ0n) is 8.55. The number of benzene rings is 1. The van der Waals surface area contributed by atoms with Crippen LogP contribution in [-0.4, -0.2) is 17.1 Å². The number of nitrogens with zero attached hydrogens (tertiary/aromatic N) is 1. The van der Waals surface area contributed by atoms with Crippen molar-refractivity contribution in [3.05, 3.63) is 35.9 Å². The van der Waals surface area contributed by atoms with E-state index in [-0.39, 0.29) is 0 Å². The highest BCUT2D eigenvalue weighted by atomic mass is 16.4. The second-order valence-electron chi connectivity index (χ2n) is 2.86. The summed E-state index contributed by atoms with van der Waals surface area (Å²) >= 11 is 0. The molecule has 0 unspecified atom stereocenters.